The lowest BCUT2D eigenvalue weighted by Crippen LogP contribution is -2.52. The van der Waals surface area contributed by atoms with Crippen LogP contribution >= 0.6 is 0 Å². The van der Waals surface area contributed by atoms with E-state index in [9.17, 15) is 0 Å². The molecule has 1 unspecified atom stereocenters. The summed E-state index contributed by atoms with van der Waals surface area (Å²) in [4.78, 5) is 2.78. The van der Waals surface area contributed by atoms with E-state index in [1.54, 1.807) is 0 Å². The second-order valence-electron chi connectivity index (χ2n) is 7.54. The van der Waals surface area contributed by atoms with Crippen LogP contribution in [-0.2, 0) is 0 Å². The first-order chi connectivity index (χ1) is 9.26. The number of piperidine rings is 1. The monoisotopic (exact) mass is 264 g/mol. The van der Waals surface area contributed by atoms with Crippen LogP contribution in [0.4, 0.5) is 0 Å². The quantitative estimate of drug-likeness (QED) is 0.835. The van der Waals surface area contributed by atoms with Crippen molar-refractivity contribution in [2.75, 3.05) is 26.2 Å². The third kappa shape index (κ3) is 3.00. The van der Waals surface area contributed by atoms with Crippen LogP contribution in [0.25, 0.3) is 0 Å². The Kier molecular flexibility index (Phi) is 4.19. The van der Waals surface area contributed by atoms with E-state index in [-0.39, 0.29) is 0 Å². The van der Waals surface area contributed by atoms with Crippen molar-refractivity contribution < 1.29 is 0 Å². The molecule has 0 bridgehead atoms. The van der Waals surface area contributed by atoms with E-state index in [0.29, 0.717) is 5.54 Å². The Labute approximate surface area is 119 Å². The number of hydrogen-bond acceptors (Lipinski definition) is 2. The summed E-state index contributed by atoms with van der Waals surface area (Å²) in [5.74, 6) is 0. The average Bonchev–Trinajstić information content (AvgIpc) is 3.04. The zero-order valence-corrected chi connectivity index (χ0v) is 12.8. The highest BCUT2D eigenvalue weighted by Gasteiger charge is 2.40. The van der Waals surface area contributed by atoms with Gasteiger partial charge in [-0.2, -0.15) is 0 Å². The Balaban J connectivity index is 1.53. The number of likely N-dealkylation sites (tertiary alicyclic amines) is 1. The average molecular weight is 264 g/mol. The van der Waals surface area contributed by atoms with Crippen LogP contribution in [0, 0.1) is 5.41 Å². The first-order valence-electron chi connectivity index (χ1n) is 8.73. The number of hydrogen-bond donors (Lipinski definition) is 1. The van der Waals surface area contributed by atoms with E-state index < -0.39 is 0 Å². The third-order valence-corrected chi connectivity index (χ3v) is 6.17. The van der Waals surface area contributed by atoms with Crippen LogP contribution < -0.4 is 5.32 Å². The summed E-state index contributed by atoms with van der Waals surface area (Å²) in [6.07, 6.45) is 14.5. The van der Waals surface area contributed by atoms with Crippen LogP contribution in [-0.4, -0.2) is 36.6 Å². The van der Waals surface area contributed by atoms with Crippen LogP contribution in [0.5, 0.6) is 0 Å². The molecule has 1 aliphatic carbocycles. The van der Waals surface area contributed by atoms with E-state index in [1.165, 1.54) is 90.4 Å². The van der Waals surface area contributed by atoms with Gasteiger partial charge in [-0.15, -0.1) is 0 Å². The molecular weight excluding hydrogens is 232 g/mol. The molecule has 0 radical (unpaired) electrons. The molecule has 0 aromatic heterocycles. The van der Waals surface area contributed by atoms with Crippen molar-refractivity contribution in [2.24, 2.45) is 5.41 Å². The molecule has 3 fully saturated rings. The third-order valence-electron chi connectivity index (χ3n) is 6.17. The molecule has 1 N–H and O–H groups in total. The molecule has 2 heterocycles. The van der Waals surface area contributed by atoms with E-state index in [4.69, 9.17) is 0 Å². The number of nitrogens with one attached hydrogen (secondary N) is 1. The molecule has 0 aromatic carbocycles. The summed E-state index contributed by atoms with van der Waals surface area (Å²) in [6.45, 7) is 7.64. The van der Waals surface area contributed by atoms with Crippen LogP contribution in [0.1, 0.15) is 71.1 Å². The normalized spacial score (nSPS) is 35.2. The molecule has 0 amide bonds. The van der Waals surface area contributed by atoms with Crippen molar-refractivity contribution in [1.29, 1.82) is 0 Å². The summed E-state index contributed by atoms with van der Waals surface area (Å²) in [5, 5.41) is 3.84. The van der Waals surface area contributed by atoms with Crippen LogP contribution in [0.3, 0.4) is 0 Å². The Hall–Kier alpha value is -0.0800. The Bertz CT molecular complexity index is 278. The lowest BCUT2D eigenvalue weighted by atomic mass is 9.76. The molecule has 0 aromatic rings. The SMILES string of the molecule is CCCC1(CN2CCC3(CCCC3)CC2)CCCN1. The maximum absolute atomic E-state index is 3.84. The minimum absolute atomic E-state index is 0.467. The highest BCUT2D eigenvalue weighted by molar-refractivity contribution is 4.97. The van der Waals surface area contributed by atoms with E-state index in [2.05, 4.69) is 17.1 Å². The first-order valence-corrected chi connectivity index (χ1v) is 8.73. The Morgan fingerprint density at radius 3 is 2.26 bits per heavy atom. The molecule has 2 aliphatic heterocycles. The van der Waals surface area contributed by atoms with Gasteiger partial charge >= 0.3 is 0 Å². The highest BCUT2D eigenvalue weighted by atomic mass is 15.2. The van der Waals surface area contributed by atoms with Gasteiger partial charge in [0, 0.05) is 12.1 Å². The summed E-state index contributed by atoms with van der Waals surface area (Å²) in [7, 11) is 0. The van der Waals surface area contributed by atoms with Gasteiger partial charge < -0.3 is 10.2 Å². The van der Waals surface area contributed by atoms with Gasteiger partial charge in [0.25, 0.3) is 0 Å². The van der Waals surface area contributed by atoms with Crippen molar-refractivity contribution >= 4 is 0 Å². The largest absolute Gasteiger partial charge is 0.310 e. The molecular formula is C17H32N2. The molecule has 1 saturated carbocycles. The lowest BCUT2D eigenvalue weighted by Gasteiger charge is -2.43. The fourth-order valence-corrected chi connectivity index (χ4v) is 5.01. The van der Waals surface area contributed by atoms with Crippen LogP contribution in [0.15, 0.2) is 0 Å². The van der Waals surface area contributed by atoms with Gasteiger partial charge in [-0.05, 0) is 70.0 Å². The lowest BCUT2D eigenvalue weighted by molar-refractivity contribution is 0.0828. The van der Waals surface area contributed by atoms with Crippen molar-refractivity contribution in [2.45, 2.75) is 76.7 Å². The van der Waals surface area contributed by atoms with Crippen LogP contribution in [0.2, 0.25) is 0 Å². The summed E-state index contributed by atoms with van der Waals surface area (Å²) >= 11 is 0. The molecule has 19 heavy (non-hydrogen) atoms. The Morgan fingerprint density at radius 1 is 0.947 bits per heavy atom. The second kappa shape index (κ2) is 5.73. The molecule has 2 heteroatoms. The van der Waals surface area contributed by atoms with Gasteiger partial charge in [0.05, 0.1) is 0 Å². The zero-order chi connectivity index (χ0) is 13.2. The van der Waals surface area contributed by atoms with Crippen molar-refractivity contribution in [3.63, 3.8) is 0 Å². The molecule has 3 rings (SSSR count). The molecule has 1 atom stereocenters. The number of nitrogens with zero attached hydrogens (tertiary/aromatic N) is 1. The van der Waals surface area contributed by atoms with E-state index in [0.717, 1.165) is 5.41 Å². The fourth-order valence-electron chi connectivity index (χ4n) is 5.01. The predicted octanol–water partition coefficient (Wildman–Crippen LogP) is 3.56. The predicted molar refractivity (Wildman–Crippen MR) is 81.5 cm³/mol. The molecule has 1 spiro atoms. The topological polar surface area (TPSA) is 15.3 Å². The Morgan fingerprint density at radius 2 is 1.68 bits per heavy atom. The second-order valence-corrected chi connectivity index (χ2v) is 7.54. The van der Waals surface area contributed by atoms with E-state index >= 15 is 0 Å². The van der Waals surface area contributed by atoms with Gasteiger partial charge in [0.2, 0.25) is 0 Å². The fraction of sp³-hybridized carbons (Fsp3) is 1.00. The minimum atomic E-state index is 0.467. The van der Waals surface area contributed by atoms with Gasteiger partial charge in [-0.1, -0.05) is 26.2 Å². The van der Waals surface area contributed by atoms with Gasteiger partial charge in [0.1, 0.15) is 0 Å². The van der Waals surface area contributed by atoms with Crippen molar-refractivity contribution in [3.05, 3.63) is 0 Å². The standard InChI is InChI=1S/C17H32N2/c1-2-6-17(9-5-12-18-17)15-19-13-10-16(11-14-19)7-3-4-8-16/h18H,2-15H2,1H3. The van der Waals surface area contributed by atoms with Crippen molar-refractivity contribution in [3.8, 4) is 0 Å². The summed E-state index contributed by atoms with van der Waals surface area (Å²) in [5.41, 5.74) is 1.24. The van der Waals surface area contributed by atoms with Gasteiger partial charge in [-0.25, -0.2) is 0 Å². The maximum Gasteiger partial charge on any atom is 0.0309 e. The summed E-state index contributed by atoms with van der Waals surface area (Å²) < 4.78 is 0. The summed E-state index contributed by atoms with van der Waals surface area (Å²) in [6, 6.07) is 0. The molecule has 3 aliphatic rings. The molecule has 2 saturated heterocycles. The van der Waals surface area contributed by atoms with Gasteiger partial charge in [0.15, 0.2) is 0 Å². The van der Waals surface area contributed by atoms with Gasteiger partial charge in [-0.3, -0.25) is 0 Å². The molecule has 110 valence electrons. The maximum atomic E-state index is 3.84. The number of rotatable bonds is 4. The first kappa shape index (κ1) is 13.9. The minimum Gasteiger partial charge on any atom is -0.310 e. The zero-order valence-electron chi connectivity index (χ0n) is 12.8. The van der Waals surface area contributed by atoms with E-state index in [1.807, 2.05) is 0 Å². The van der Waals surface area contributed by atoms with Crippen molar-refractivity contribution in [1.82, 2.24) is 10.2 Å². The molecule has 2 nitrogen and oxygen atoms in total. The highest BCUT2D eigenvalue weighted by Crippen LogP contribution is 2.46. The smallest absolute Gasteiger partial charge is 0.0309 e.